The van der Waals surface area contributed by atoms with Gasteiger partial charge in [0.1, 0.15) is 0 Å². The molecule has 1 fully saturated rings. The van der Waals surface area contributed by atoms with Gasteiger partial charge < -0.3 is 10.4 Å². The largest absolute Gasteiger partial charge is 0.394 e. The third-order valence-electron chi connectivity index (χ3n) is 2.69. The van der Waals surface area contributed by atoms with E-state index in [1.807, 2.05) is 7.05 Å². The molecule has 0 aliphatic heterocycles. The van der Waals surface area contributed by atoms with Crippen molar-refractivity contribution in [2.45, 2.75) is 31.7 Å². The van der Waals surface area contributed by atoms with E-state index in [1.165, 1.54) is 6.42 Å². The predicted molar refractivity (Wildman–Crippen MR) is 41.9 cm³/mol. The molecule has 1 saturated carbocycles. The van der Waals surface area contributed by atoms with Gasteiger partial charge in [-0.3, -0.25) is 0 Å². The molecule has 0 radical (unpaired) electrons. The SMILES string of the molecule is CNC1(CO)CCC(C)C1. The molecule has 10 heavy (non-hydrogen) atoms. The summed E-state index contributed by atoms with van der Waals surface area (Å²) in [6.45, 7) is 2.53. The van der Waals surface area contributed by atoms with Crippen molar-refractivity contribution in [1.82, 2.24) is 5.32 Å². The van der Waals surface area contributed by atoms with E-state index in [4.69, 9.17) is 5.11 Å². The molecule has 0 aromatic heterocycles. The number of hydrogen-bond acceptors (Lipinski definition) is 2. The zero-order valence-corrected chi connectivity index (χ0v) is 6.85. The average molecular weight is 143 g/mol. The molecule has 0 aromatic rings. The summed E-state index contributed by atoms with van der Waals surface area (Å²) in [5.74, 6) is 0.777. The van der Waals surface area contributed by atoms with Gasteiger partial charge in [0.2, 0.25) is 0 Å². The van der Waals surface area contributed by atoms with E-state index >= 15 is 0 Å². The lowest BCUT2D eigenvalue weighted by molar-refractivity contribution is 0.169. The van der Waals surface area contributed by atoms with Crippen molar-refractivity contribution >= 4 is 0 Å². The normalized spacial score (nSPS) is 40.5. The van der Waals surface area contributed by atoms with Crippen LogP contribution >= 0.6 is 0 Å². The maximum Gasteiger partial charge on any atom is 0.0613 e. The zero-order valence-electron chi connectivity index (χ0n) is 6.85. The third kappa shape index (κ3) is 1.32. The first-order valence-corrected chi connectivity index (χ1v) is 4.02. The predicted octanol–water partition coefficient (Wildman–Crippen LogP) is 0.757. The Morgan fingerprint density at radius 3 is 2.60 bits per heavy atom. The molecule has 2 atom stereocenters. The van der Waals surface area contributed by atoms with Crippen molar-refractivity contribution in [2.24, 2.45) is 5.92 Å². The summed E-state index contributed by atoms with van der Waals surface area (Å²) >= 11 is 0. The smallest absolute Gasteiger partial charge is 0.0613 e. The lowest BCUT2D eigenvalue weighted by Crippen LogP contribution is -2.43. The second-order valence-corrected chi connectivity index (χ2v) is 3.54. The van der Waals surface area contributed by atoms with Gasteiger partial charge in [-0.15, -0.1) is 0 Å². The van der Waals surface area contributed by atoms with Gasteiger partial charge in [0.25, 0.3) is 0 Å². The van der Waals surface area contributed by atoms with Crippen LogP contribution in [-0.2, 0) is 0 Å². The Morgan fingerprint density at radius 2 is 2.40 bits per heavy atom. The first-order chi connectivity index (χ1) is 4.72. The van der Waals surface area contributed by atoms with Gasteiger partial charge in [0.15, 0.2) is 0 Å². The summed E-state index contributed by atoms with van der Waals surface area (Å²) in [4.78, 5) is 0. The molecule has 0 saturated heterocycles. The Balaban J connectivity index is 2.51. The average Bonchev–Trinajstić information content (AvgIpc) is 2.33. The fourth-order valence-electron chi connectivity index (χ4n) is 1.84. The number of nitrogens with one attached hydrogen (secondary N) is 1. The van der Waals surface area contributed by atoms with Gasteiger partial charge in [-0.1, -0.05) is 6.92 Å². The van der Waals surface area contributed by atoms with Crippen LogP contribution in [0.3, 0.4) is 0 Å². The summed E-state index contributed by atoms with van der Waals surface area (Å²) in [5.41, 5.74) is 0.0550. The minimum absolute atomic E-state index is 0.0550. The number of aliphatic hydroxyl groups excluding tert-OH is 1. The first kappa shape index (κ1) is 8.02. The van der Waals surface area contributed by atoms with Gasteiger partial charge in [-0.05, 0) is 32.2 Å². The number of rotatable bonds is 2. The number of aliphatic hydroxyl groups is 1. The van der Waals surface area contributed by atoms with Crippen molar-refractivity contribution < 1.29 is 5.11 Å². The fourth-order valence-corrected chi connectivity index (χ4v) is 1.84. The molecule has 2 heteroatoms. The number of likely N-dealkylation sites (N-methyl/N-ethyl adjacent to an activating group) is 1. The van der Waals surface area contributed by atoms with Gasteiger partial charge in [-0.2, -0.15) is 0 Å². The van der Waals surface area contributed by atoms with Crippen molar-refractivity contribution in [3.63, 3.8) is 0 Å². The highest BCUT2D eigenvalue weighted by Gasteiger charge is 2.34. The Morgan fingerprint density at radius 1 is 1.70 bits per heavy atom. The summed E-state index contributed by atoms with van der Waals surface area (Å²) in [7, 11) is 1.94. The molecular weight excluding hydrogens is 126 g/mol. The topological polar surface area (TPSA) is 32.3 Å². The molecule has 1 aliphatic carbocycles. The van der Waals surface area contributed by atoms with Crippen molar-refractivity contribution in [3.8, 4) is 0 Å². The monoisotopic (exact) mass is 143 g/mol. The molecule has 0 bridgehead atoms. The molecule has 0 heterocycles. The molecule has 2 nitrogen and oxygen atoms in total. The van der Waals surface area contributed by atoms with E-state index in [2.05, 4.69) is 12.2 Å². The minimum atomic E-state index is 0.0550. The molecule has 1 rings (SSSR count). The summed E-state index contributed by atoms with van der Waals surface area (Å²) < 4.78 is 0. The van der Waals surface area contributed by atoms with E-state index in [0.717, 1.165) is 18.8 Å². The van der Waals surface area contributed by atoms with Crippen molar-refractivity contribution in [3.05, 3.63) is 0 Å². The van der Waals surface area contributed by atoms with Gasteiger partial charge >= 0.3 is 0 Å². The standard InChI is InChI=1S/C8H17NO/c1-7-3-4-8(5-7,6-10)9-2/h7,9-10H,3-6H2,1-2H3. The Hall–Kier alpha value is -0.0800. The summed E-state index contributed by atoms with van der Waals surface area (Å²) in [6.07, 6.45) is 3.50. The third-order valence-corrected chi connectivity index (χ3v) is 2.69. The zero-order chi connectivity index (χ0) is 7.61. The lowest BCUT2D eigenvalue weighted by atomic mass is 9.98. The molecule has 0 aromatic carbocycles. The van der Waals surface area contributed by atoms with Gasteiger partial charge in [0, 0.05) is 5.54 Å². The minimum Gasteiger partial charge on any atom is -0.394 e. The van der Waals surface area contributed by atoms with Crippen LogP contribution in [0.1, 0.15) is 26.2 Å². The van der Waals surface area contributed by atoms with Crippen LogP contribution in [0.2, 0.25) is 0 Å². The van der Waals surface area contributed by atoms with E-state index < -0.39 is 0 Å². The first-order valence-electron chi connectivity index (χ1n) is 4.02. The Labute approximate surface area is 62.6 Å². The highest BCUT2D eigenvalue weighted by Crippen LogP contribution is 2.33. The maximum atomic E-state index is 9.07. The van der Waals surface area contributed by atoms with Crippen molar-refractivity contribution in [2.75, 3.05) is 13.7 Å². The highest BCUT2D eigenvalue weighted by atomic mass is 16.3. The Kier molecular flexibility index (Phi) is 2.32. The van der Waals surface area contributed by atoms with Gasteiger partial charge in [0.05, 0.1) is 6.61 Å². The van der Waals surface area contributed by atoms with Crippen LogP contribution in [0.15, 0.2) is 0 Å². The van der Waals surface area contributed by atoms with E-state index in [1.54, 1.807) is 0 Å². The summed E-state index contributed by atoms with van der Waals surface area (Å²) in [6, 6.07) is 0. The van der Waals surface area contributed by atoms with E-state index in [9.17, 15) is 0 Å². The molecule has 60 valence electrons. The number of hydrogen-bond donors (Lipinski definition) is 2. The summed E-state index contributed by atoms with van der Waals surface area (Å²) in [5, 5.41) is 12.3. The molecule has 0 amide bonds. The fraction of sp³-hybridized carbons (Fsp3) is 1.00. The quantitative estimate of drug-likeness (QED) is 0.598. The van der Waals surface area contributed by atoms with Gasteiger partial charge in [-0.25, -0.2) is 0 Å². The van der Waals surface area contributed by atoms with Crippen molar-refractivity contribution in [1.29, 1.82) is 0 Å². The van der Waals surface area contributed by atoms with Crippen LogP contribution in [0.5, 0.6) is 0 Å². The van der Waals surface area contributed by atoms with Crippen LogP contribution < -0.4 is 5.32 Å². The van der Waals surface area contributed by atoms with Crippen LogP contribution in [0.25, 0.3) is 0 Å². The Bertz CT molecular complexity index is 110. The van der Waals surface area contributed by atoms with E-state index in [0.29, 0.717) is 0 Å². The molecule has 0 spiro atoms. The maximum absolute atomic E-state index is 9.07. The molecule has 2 unspecified atom stereocenters. The van der Waals surface area contributed by atoms with Crippen LogP contribution in [0.4, 0.5) is 0 Å². The molecular formula is C8H17NO. The second-order valence-electron chi connectivity index (χ2n) is 3.54. The molecule has 1 aliphatic rings. The lowest BCUT2D eigenvalue weighted by Gasteiger charge is -2.25. The van der Waals surface area contributed by atoms with Crippen LogP contribution in [-0.4, -0.2) is 24.3 Å². The van der Waals surface area contributed by atoms with Crippen LogP contribution in [0, 0.1) is 5.92 Å². The van der Waals surface area contributed by atoms with E-state index in [-0.39, 0.29) is 12.1 Å². The second kappa shape index (κ2) is 2.89. The highest BCUT2D eigenvalue weighted by molar-refractivity contribution is 4.93. The molecule has 2 N–H and O–H groups in total.